The lowest BCUT2D eigenvalue weighted by atomic mass is 9.94. The average Bonchev–Trinajstić information content (AvgIpc) is 2.37. The fraction of sp³-hybridized carbons (Fsp3) is 0.500. The second-order valence-electron chi connectivity index (χ2n) is 5.26. The van der Waals surface area contributed by atoms with Gasteiger partial charge in [0.05, 0.1) is 4.92 Å². The van der Waals surface area contributed by atoms with Gasteiger partial charge in [-0.3, -0.25) is 10.1 Å². The van der Waals surface area contributed by atoms with Gasteiger partial charge in [0.2, 0.25) is 10.0 Å². The highest BCUT2D eigenvalue weighted by Gasteiger charge is 2.35. The highest BCUT2D eigenvalue weighted by molar-refractivity contribution is 7.89. The zero-order valence-corrected chi connectivity index (χ0v) is 12.4. The van der Waals surface area contributed by atoms with Crippen LogP contribution < -0.4 is 10.5 Å². The van der Waals surface area contributed by atoms with Gasteiger partial charge in [0, 0.05) is 30.5 Å². The van der Waals surface area contributed by atoms with Gasteiger partial charge >= 0.3 is 0 Å². The summed E-state index contributed by atoms with van der Waals surface area (Å²) >= 11 is 0. The quantitative estimate of drug-likeness (QED) is 0.485. The number of hydrogen-bond donors (Lipinski definition) is 2. The lowest BCUT2D eigenvalue weighted by Gasteiger charge is -2.33. The number of nitrogens with zero attached hydrogens (tertiary/aromatic N) is 1. The van der Waals surface area contributed by atoms with Crippen molar-refractivity contribution in [3.8, 4) is 0 Å². The molecule has 0 bridgehead atoms. The second kappa shape index (κ2) is 5.58. The Morgan fingerprint density at radius 3 is 2.57 bits per heavy atom. The van der Waals surface area contributed by atoms with Crippen molar-refractivity contribution in [1.82, 2.24) is 4.72 Å². The number of benzene rings is 1. The van der Waals surface area contributed by atoms with Crippen LogP contribution in [0, 0.1) is 10.1 Å². The Balaban J connectivity index is 2.38. The molecule has 0 amide bonds. The number of nitrogens with two attached hydrogens (primary N) is 1. The summed E-state index contributed by atoms with van der Waals surface area (Å²) in [4.78, 5) is 9.90. The van der Waals surface area contributed by atoms with Gasteiger partial charge < -0.3 is 10.5 Å². The van der Waals surface area contributed by atoms with E-state index < -0.39 is 26.2 Å². The predicted octanol–water partition coefficient (Wildman–Crippen LogP) is 1.02. The number of nitro groups is 1. The summed E-state index contributed by atoms with van der Waals surface area (Å²) in [6.07, 6.45) is 1.02. The number of sulfonamides is 1. The van der Waals surface area contributed by atoms with Crippen molar-refractivity contribution in [1.29, 1.82) is 0 Å². The molecule has 3 N–H and O–H groups in total. The molecule has 2 rings (SSSR count). The minimum absolute atomic E-state index is 0.137. The van der Waals surface area contributed by atoms with Gasteiger partial charge in [0.25, 0.3) is 5.69 Å². The van der Waals surface area contributed by atoms with E-state index in [1.54, 1.807) is 6.92 Å². The van der Waals surface area contributed by atoms with Gasteiger partial charge in [-0.15, -0.1) is 0 Å². The Bertz CT molecular complexity index is 653. The predicted molar refractivity (Wildman–Crippen MR) is 76.3 cm³/mol. The standard InChI is InChI=1S/C12H17N3O5S/c1-12(4-6-20-7-5-12)14-21(18,19)11-3-2-9(13)8-10(11)15(16)17/h2-3,8,14H,4-7,13H2,1H3. The largest absolute Gasteiger partial charge is 0.399 e. The first-order valence-corrected chi connectivity index (χ1v) is 7.87. The van der Waals surface area contributed by atoms with Crippen LogP contribution in [0.2, 0.25) is 0 Å². The van der Waals surface area contributed by atoms with E-state index in [1.807, 2.05) is 0 Å². The molecule has 0 spiro atoms. The molecule has 0 aliphatic carbocycles. The first-order chi connectivity index (χ1) is 9.73. The minimum atomic E-state index is -4.01. The normalized spacial score (nSPS) is 18.3. The maximum absolute atomic E-state index is 12.4. The third kappa shape index (κ3) is 3.49. The summed E-state index contributed by atoms with van der Waals surface area (Å²) in [5.41, 5.74) is 4.42. The molecule has 1 heterocycles. The topological polar surface area (TPSA) is 125 Å². The van der Waals surface area contributed by atoms with Crippen LogP contribution in [0.5, 0.6) is 0 Å². The molecule has 0 atom stereocenters. The maximum atomic E-state index is 12.4. The molecule has 21 heavy (non-hydrogen) atoms. The van der Waals surface area contributed by atoms with E-state index in [-0.39, 0.29) is 10.6 Å². The smallest absolute Gasteiger partial charge is 0.291 e. The molecule has 116 valence electrons. The van der Waals surface area contributed by atoms with Gasteiger partial charge in [0.1, 0.15) is 0 Å². The fourth-order valence-electron chi connectivity index (χ4n) is 2.21. The van der Waals surface area contributed by atoms with E-state index in [0.717, 1.165) is 12.1 Å². The number of nitrogen functional groups attached to an aromatic ring is 1. The summed E-state index contributed by atoms with van der Waals surface area (Å²) in [6.45, 7) is 2.65. The van der Waals surface area contributed by atoms with Crippen LogP contribution >= 0.6 is 0 Å². The number of rotatable bonds is 4. The van der Waals surface area contributed by atoms with Crippen molar-refractivity contribution in [3.63, 3.8) is 0 Å². The summed E-state index contributed by atoms with van der Waals surface area (Å²) < 4.78 is 32.6. The van der Waals surface area contributed by atoms with Crippen molar-refractivity contribution < 1.29 is 18.1 Å². The molecule has 1 aromatic carbocycles. The molecule has 1 aliphatic heterocycles. The van der Waals surface area contributed by atoms with Gasteiger partial charge in [-0.2, -0.15) is 0 Å². The van der Waals surface area contributed by atoms with Crippen LogP contribution in [-0.2, 0) is 14.8 Å². The Kier molecular flexibility index (Phi) is 4.17. The number of nitrogens with one attached hydrogen (secondary N) is 1. The van der Waals surface area contributed by atoms with Crippen molar-refractivity contribution >= 4 is 21.4 Å². The van der Waals surface area contributed by atoms with Crippen LogP contribution in [0.3, 0.4) is 0 Å². The van der Waals surface area contributed by atoms with E-state index >= 15 is 0 Å². The lowest BCUT2D eigenvalue weighted by Crippen LogP contribution is -2.49. The minimum Gasteiger partial charge on any atom is -0.399 e. The Labute approximate surface area is 122 Å². The summed E-state index contributed by atoms with van der Waals surface area (Å²) in [5.74, 6) is 0. The molecule has 0 aromatic heterocycles. The monoisotopic (exact) mass is 315 g/mol. The molecule has 0 unspecified atom stereocenters. The lowest BCUT2D eigenvalue weighted by molar-refractivity contribution is -0.387. The van der Waals surface area contributed by atoms with Gasteiger partial charge in [-0.1, -0.05) is 0 Å². The molecule has 9 heteroatoms. The zero-order valence-electron chi connectivity index (χ0n) is 11.5. The van der Waals surface area contributed by atoms with Crippen LogP contribution in [0.25, 0.3) is 0 Å². The Hall–Kier alpha value is -1.71. The summed E-state index contributed by atoms with van der Waals surface area (Å²) in [5, 5.41) is 11.0. The molecule has 1 aromatic rings. The van der Waals surface area contributed by atoms with Gasteiger partial charge in [-0.25, -0.2) is 13.1 Å². The third-order valence-corrected chi connectivity index (χ3v) is 5.13. The van der Waals surface area contributed by atoms with E-state index in [2.05, 4.69) is 4.72 Å². The first-order valence-electron chi connectivity index (χ1n) is 6.39. The second-order valence-corrected chi connectivity index (χ2v) is 6.91. The van der Waals surface area contributed by atoms with Gasteiger partial charge in [-0.05, 0) is 31.9 Å². The van der Waals surface area contributed by atoms with E-state index in [1.165, 1.54) is 6.07 Å². The Morgan fingerprint density at radius 2 is 2.00 bits per heavy atom. The molecule has 0 radical (unpaired) electrons. The molecular formula is C12H17N3O5S. The van der Waals surface area contributed by atoms with E-state index in [0.29, 0.717) is 26.1 Å². The van der Waals surface area contributed by atoms with Crippen molar-refractivity contribution in [2.75, 3.05) is 18.9 Å². The maximum Gasteiger partial charge on any atom is 0.291 e. The molecular weight excluding hydrogens is 298 g/mol. The van der Waals surface area contributed by atoms with Crippen LogP contribution in [0.15, 0.2) is 23.1 Å². The van der Waals surface area contributed by atoms with Crippen molar-refractivity contribution in [2.24, 2.45) is 0 Å². The summed E-state index contributed by atoms with van der Waals surface area (Å²) in [7, 11) is -4.01. The van der Waals surface area contributed by atoms with Gasteiger partial charge in [0.15, 0.2) is 4.90 Å². The molecule has 1 saturated heterocycles. The van der Waals surface area contributed by atoms with Crippen LogP contribution in [0.4, 0.5) is 11.4 Å². The molecule has 1 fully saturated rings. The number of ether oxygens (including phenoxy) is 1. The average molecular weight is 315 g/mol. The van der Waals surface area contributed by atoms with Crippen molar-refractivity contribution in [2.45, 2.75) is 30.2 Å². The SMILES string of the molecule is CC1(NS(=O)(=O)c2ccc(N)cc2[N+](=O)[O-])CCOCC1. The highest BCUT2D eigenvalue weighted by Crippen LogP contribution is 2.29. The van der Waals surface area contributed by atoms with E-state index in [9.17, 15) is 18.5 Å². The number of nitro benzene ring substituents is 1. The summed E-state index contributed by atoms with van der Waals surface area (Å²) in [6, 6.07) is 3.52. The number of hydrogen-bond acceptors (Lipinski definition) is 6. The van der Waals surface area contributed by atoms with Crippen molar-refractivity contribution in [3.05, 3.63) is 28.3 Å². The van der Waals surface area contributed by atoms with Crippen LogP contribution in [-0.4, -0.2) is 32.1 Å². The van der Waals surface area contributed by atoms with E-state index in [4.69, 9.17) is 10.5 Å². The number of anilines is 1. The molecule has 1 aliphatic rings. The van der Waals surface area contributed by atoms with Crippen LogP contribution in [0.1, 0.15) is 19.8 Å². The zero-order chi connectivity index (χ0) is 15.7. The third-order valence-electron chi connectivity index (χ3n) is 3.45. The Morgan fingerprint density at radius 1 is 1.38 bits per heavy atom. The first kappa shape index (κ1) is 15.7. The highest BCUT2D eigenvalue weighted by atomic mass is 32.2. The molecule has 0 saturated carbocycles. The molecule has 8 nitrogen and oxygen atoms in total. The fourth-order valence-corrected chi connectivity index (χ4v) is 3.83.